The number of ether oxygens (including phenoxy) is 1. The topological polar surface area (TPSA) is 80.2 Å². The molecule has 0 aliphatic rings. The Labute approximate surface area is 190 Å². The van der Waals surface area contributed by atoms with Gasteiger partial charge in [-0.2, -0.15) is 9.46 Å². The minimum atomic E-state index is -2.26. The molecule has 9 heteroatoms. The first kappa shape index (κ1) is 21.6. The molecule has 0 saturated heterocycles. The Morgan fingerprint density at radius 1 is 1.10 bits per heavy atom. The number of rotatable bonds is 5. The summed E-state index contributed by atoms with van der Waals surface area (Å²) in [6, 6.07) is 13.2. The van der Waals surface area contributed by atoms with Gasteiger partial charge in [-0.05, 0) is 37.3 Å². The molecular weight excluding hydrogens is 455 g/mol. The monoisotopic (exact) mass is 474 g/mol. The lowest BCUT2D eigenvalue weighted by molar-refractivity contribution is 0.227. The van der Waals surface area contributed by atoms with Gasteiger partial charge in [-0.25, -0.2) is 4.21 Å². The van der Waals surface area contributed by atoms with Gasteiger partial charge in [0, 0.05) is 51.1 Å². The first-order valence-corrected chi connectivity index (χ1v) is 12.5. The SMILES string of the molecule is CC(Oc1ccc2[nH]nc(-c3cccc(N=S(C)(C)=O)c3)c2c1)c1c(Cl)cncc1Cl. The van der Waals surface area contributed by atoms with Crippen molar-refractivity contribution in [3.05, 3.63) is 70.5 Å². The Hall–Kier alpha value is -2.61. The molecule has 0 radical (unpaired) electrons. The van der Waals surface area contributed by atoms with Crippen LogP contribution in [0, 0.1) is 0 Å². The summed E-state index contributed by atoms with van der Waals surface area (Å²) in [5.41, 5.74) is 3.81. The number of hydrogen-bond acceptors (Lipinski definition) is 5. The Kier molecular flexibility index (Phi) is 5.92. The predicted molar refractivity (Wildman–Crippen MR) is 127 cm³/mol. The third-order valence-electron chi connectivity index (χ3n) is 4.59. The van der Waals surface area contributed by atoms with Gasteiger partial charge in [0.25, 0.3) is 0 Å². The van der Waals surface area contributed by atoms with Gasteiger partial charge in [-0.3, -0.25) is 10.1 Å². The number of nitrogens with one attached hydrogen (secondary N) is 1. The first-order valence-electron chi connectivity index (χ1n) is 9.42. The molecule has 0 fully saturated rings. The molecule has 4 aromatic rings. The molecule has 2 aromatic carbocycles. The smallest absolute Gasteiger partial charge is 0.124 e. The zero-order valence-corrected chi connectivity index (χ0v) is 19.4. The van der Waals surface area contributed by atoms with E-state index in [-0.39, 0.29) is 6.10 Å². The van der Waals surface area contributed by atoms with E-state index in [0.717, 1.165) is 22.2 Å². The minimum absolute atomic E-state index is 0.375. The van der Waals surface area contributed by atoms with Crippen LogP contribution >= 0.6 is 23.2 Å². The highest BCUT2D eigenvalue weighted by Gasteiger charge is 2.17. The average molecular weight is 475 g/mol. The molecule has 6 nitrogen and oxygen atoms in total. The maximum absolute atomic E-state index is 12.1. The Bertz CT molecular complexity index is 1370. The van der Waals surface area contributed by atoms with Crippen molar-refractivity contribution in [2.45, 2.75) is 13.0 Å². The minimum Gasteiger partial charge on any atom is -0.486 e. The lowest BCUT2D eigenvalue weighted by atomic mass is 10.1. The maximum atomic E-state index is 12.1. The van der Waals surface area contributed by atoms with Crippen LogP contribution in [-0.2, 0) is 9.73 Å². The fourth-order valence-electron chi connectivity index (χ4n) is 3.32. The summed E-state index contributed by atoms with van der Waals surface area (Å²) in [4.78, 5) is 3.98. The molecular formula is C22H20Cl2N4O2S. The van der Waals surface area contributed by atoms with E-state index >= 15 is 0 Å². The molecule has 31 heavy (non-hydrogen) atoms. The molecule has 1 atom stereocenters. The van der Waals surface area contributed by atoms with E-state index in [2.05, 4.69) is 19.5 Å². The molecule has 0 spiro atoms. The number of halogens is 2. The zero-order valence-electron chi connectivity index (χ0n) is 17.1. The van der Waals surface area contributed by atoms with Gasteiger partial charge < -0.3 is 4.74 Å². The number of fused-ring (bicyclic) bond motifs is 1. The van der Waals surface area contributed by atoms with Crippen molar-refractivity contribution in [2.75, 3.05) is 12.5 Å². The average Bonchev–Trinajstić information content (AvgIpc) is 3.10. The highest BCUT2D eigenvalue weighted by Crippen LogP contribution is 2.35. The molecule has 4 rings (SSSR count). The summed E-state index contributed by atoms with van der Waals surface area (Å²) in [7, 11) is -2.26. The molecule has 160 valence electrons. The second-order valence-electron chi connectivity index (χ2n) is 7.38. The van der Waals surface area contributed by atoms with Crippen LogP contribution in [0.25, 0.3) is 22.2 Å². The standard InChI is InChI=1S/C22H20Cl2N4O2S/c1-13(21-18(23)11-25-12-19(21)24)30-16-7-8-20-17(10-16)22(27-26-20)14-5-4-6-15(9-14)28-31(2,3)29/h4-13H,1-3H3,(H,26,27). The van der Waals surface area contributed by atoms with E-state index in [1.54, 1.807) is 24.9 Å². The number of pyridine rings is 1. The van der Waals surface area contributed by atoms with Crippen molar-refractivity contribution in [1.29, 1.82) is 0 Å². The first-order chi connectivity index (χ1) is 14.7. The summed E-state index contributed by atoms with van der Waals surface area (Å²) in [6.45, 7) is 1.88. The predicted octanol–water partition coefficient (Wildman–Crippen LogP) is 6.43. The highest BCUT2D eigenvalue weighted by atomic mass is 35.5. The van der Waals surface area contributed by atoms with Crippen LogP contribution in [0.4, 0.5) is 5.69 Å². The summed E-state index contributed by atoms with van der Waals surface area (Å²) >= 11 is 12.5. The van der Waals surface area contributed by atoms with E-state index in [4.69, 9.17) is 27.9 Å². The molecule has 0 bridgehead atoms. The van der Waals surface area contributed by atoms with Crippen molar-refractivity contribution < 1.29 is 8.95 Å². The second-order valence-corrected chi connectivity index (χ2v) is 10.7. The quantitative estimate of drug-likeness (QED) is 0.361. The normalized spacial score (nSPS) is 12.7. The fourth-order valence-corrected chi connectivity index (χ4v) is 4.62. The van der Waals surface area contributed by atoms with Crippen molar-refractivity contribution in [3.8, 4) is 17.0 Å². The number of nitrogens with zero attached hydrogens (tertiary/aromatic N) is 3. The summed E-state index contributed by atoms with van der Waals surface area (Å²) in [5, 5.41) is 9.30. The van der Waals surface area contributed by atoms with Gasteiger partial charge in [0.15, 0.2) is 0 Å². The largest absolute Gasteiger partial charge is 0.486 e. The number of H-pyrrole nitrogens is 1. The lowest BCUT2D eigenvalue weighted by Crippen LogP contribution is -2.05. The fraction of sp³-hybridized carbons (Fsp3) is 0.182. The van der Waals surface area contributed by atoms with Gasteiger partial charge in [0.05, 0.1) is 21.2 Å². The summed E-state index contributed by atoms with van der Waals surface area (Å²) in [5.74, 6) is 0.651. The number of aromatic nitrogens is 3. The Balaban J connectivity index is 1.71. The van der Waals surface area contributed by atoms with Crippen molar-refractivity contribution >= 4 is 49.5 Å². The summed E-state index contributed by atoms with van der Waals surface area (Å²) in [6.07, 6.45) is 5.93. The van der Waals surface area contributed by atoms with Crippen molar-refractivity contribution in [1.82, 2.24) is 15.2 Å². The van der Waals surface area contributed by atoms with Crippen LogP contribution in [0.15, 0.2) is 59.2 Å². The molecule has 1 unspecified atom stereocenters. The third kappa shape index (κ3) is 4.84. The van der Waals surface area contributed by atoms with Crippen LogP contribution < -0.4 is 4.74 Å². The molecule has 0 aliphatic heterocycles. The van der Waals surface area contributed by atoms with E-state index in [1.807, 2.05) is 49.4 Å². The third-order valence-corrected chi connectivity index (χ3v) is 5.84. The van der Waals surface area contributed by atoms with E-state index in [0.29, 0.717) is 27.0 Å². The van der Waals surface area contributed by atoms with Crippen LogP contribution in [0.1, 0.15) is 18.6 Å². The van der Waals surface area contributed by atoms with Gasteiger partial charge in [0.2, 0.25) is 0 Å². The van der Waals surface area contributed by atoms with Crippen molar-refractivity contribution in [2.24, 2.45) is 4.36 Å². The lowest BCUT2D eigenvalue weighted by Gasteiger charge is -2.17. The van der Waals surface area contributed by atoms with Gasteiger partial charge in [-0.15, -0.1) is 0 Å². The molecule has 0 saturated carbocycles. The van der Waals surface area contributed by atoms with Crippen LogP contribution in [0.3, 0.4) is 0 Å². The van der Waals surface area contributed by atoms with Crippen molar-refractivity contribution in [3.63, 3.8) is 0 Å². The number of benzene rings is 2. The molecule has 1 N–H and O–H groups in total. The van der Waals surface area contributed by atoms with Crippen LogP contribution in [0.2, 0.25) is 10.0 Å². The zero-order chi connectivity index (χ0) is 22.2. The van der Waals surface area contributed by atoms with Gasteiger partial charge >= 0.3 is 0 Å². The second kappa shape index (κ2) is 8.49. The molecule has 2 aromatic heterocycles. The van der Waals surface area contributed by atoms with E-state index in [9.17, 15) is 4.21 Å². The van der Waals surface area contributed by atoms with Crippen LogP contribution in [0.5, 0.6) is 5.75 Å². The molecule has 0 amide bonds. The Morgan fingerprint density at radius 3 is 2.55 bits per heavy atom. The van der Waals surface area contributed by atoms with E-state index in [1.165, 1.54) is 0 Å². The number of aromatic amines is 1. The highest BCUT2D eigenvalue weighted by molar-refractivity contribution is 7.92. The number of hydrogen-bond donors (Lipinski definition) is 1. The van der Waals surface area contributed by atoms with Gasteiger partial charge in [-0.1, -0.05) is 35.3 Å². The summed E-state index contributed by atoms with van der Waals surface area (Å²) < 4.78 is 22.5. The molecule has 2 heterocycles. The molecule has 0 aliphatic carbocycles. The maximum Gasteiger partial charge on any atom is 0.124 e. The Morgan fingerprint density at radius 2 is 1.84 bits per heavy atom. The van der Waals surface area contributed by atoms with Gasteiger partial charge in [0.1, 0.15) is 17.5 Å². The van der Waals surface area contributed by atoms with E-state index < -0.39 is 9.73 Å². The van der Waals surface area contributed by atoms with Crippen LogP contribution in [-0.4, -0.2) is 31.9 Å².